The zero-order valence-electron chi connectivity index (χ0n) is 13.3. The summed E-state index contributed by atoms with van der Waals surface area (Å²) in [4.78, 5) is 23.7. The first-order valence-electron chi connectivity index (χ1n) is 6.85. The highest BCUT2D eigenvalue weighted by Gasteiger charge is 2.44. The third-order valence-corrected chi connectivity index (χ3v) is 3.03. The third kappa shape index (κ3) is 4.01. The number of rotatable bonds is 8. The lowest BCUT2D eigenvalue weighted by Gasteiger charge is -2.21. The summed E-state index contributed by atoms with van der Waals surface area (Å²) in [6.45, 7) is 3.52. The molecule has 8 heteroatoms. The van der Waals surface area contributed by atoms with E-state index in [9.17, 15) is 20.1 Å². The molecule has 2 unspecified atom stereocenters. The van der Waals surface area contributed by atoms with Crippen molar-refractivity contribution in [3.8, 4) is 12.1 Å². The Bertz CT molecular complexity index is 474. The number of carbonyl (C=O) groups is 2. The van der Waals surface area contributed by atoms with E-state index in [1.165, 1.54) is 0 Å². The Morgan fingerprint density at radius 3 is 1.41 bits per heavy atom. The molecular formula is C14H20N4O4. The van der Waals surface area contributed by atoms with Crippen molar-refractivity contribution in [3.63, 3.8) is 0 Å². The van der Waals surface area contributed by atoms with Gasteiger partial charge in [0.15, 0.2) is 0 Å². The summed E-state index contributed by atoms with van der Waals surface area (Å²) in [5, 5.41) is 26.1. The van der Waals surface area contributed by atoms with Gasteiger partial charge in [0.05, 0.1) is 14.2 Å². The van der Waals surface area contributed by atoms with Crippen molar-refractivity contribution in [2.45, 2.75) is 50.6 Å². The van der Waals surface area contributed by atoms with Crippen molar-refractivity contribution < 1.29 is 19.1 Å². The molecule has 8 nitrogen and oxygen atoms in total. The SMILES string of the molecule is CCCC(C#N)(N=NC(C#N)(CCC)C(=O)OC)C(=O)OC. The lowest BCUT2D eigenvalue weighted by Crippen LogP contribution is -2.40. The second-order valence-corrected chi connectivity index (χ2v) is 4.63. The Balaban J connectivity index is 5.88. The van der Waals surface area contributed by atoms with E-state index in [-0.39, 0.29) is 12.8 Å². The van der Waals surface area contributed by atoms with Crippen LogP contribution in [0.4, 0.5) is 0 Å². The van der Waals surface area contributed by atoms with E-state index in [2.05, 4.69) is 19.7 Å². The molecule has 0 fully saturated rings. The van der Waals surface area contributed by atoms with Gasteiger partial charge in [-0.15, -0.1) is 0 Å². The summed E-state index contributed by atoms with van der Waals surface area (Å²) < 4.78 is 9.18. The second kappa shape index (κ2) is 8.73. The molecule has 0 amide bonds. The van der Waals surface area contributed by atoms with Gasteiger partial charge in [0, 0.05) is 0 Å². The molecule has 0 saturated heterocycles. The highest BCUT2D eigenvalue weighted by Crippen LogP contribution is 2.26. The Morgan fingerprint density at radius 2 is 1.23 bits per heavy atom. The van der Waals surface area contributed by atoms with Gasteiger partial charge < -0.3 is 9.47 Å². The highest BCUT2D eigenvalue weighted by atomic mass is 16.5. The highest BCUT2D eigenvalue weighted by molar-refractivity contribution is 5.86. The molecule has 0 spiro atoms. The molecule has 0 aliphatic heterocycles. The Kier molecular flexibility index (Phi) is 7.74. The van der Waals surface area contributed by atoms with Crippen LogP contribution in [-0.4, -0.2) is 37.2 Å². The van der Waals surface area contributed by atoms with Crippen LogP contribution in [0.15, 0.2) is 10.2 Å². The van der Waals surface area contributed by atoms with Crippen LogP contribution in [0.1, 0.15) is 39.5 Å². The van der Waals surface area contributed by atoms with Gasteiger partial charge in [0.25, 0.3) is 11.1 Å². The van der Waals surface area contributed by atoms with Gasteiger partial charge in [-0.1, -0.05) is 26.7 Å². The van der Waals surface area contributed by atoms with Gasteiger partial charge in [-0.05, 0) is 12.8 Å². The quantitative estimate of drug-likeness (QED) is 0.498. The van der Waals surface area contributed by atoms with E-state index in [0.717, 1.165) is 14.2 Å². The lowest BCUT2D eigenvalue weighted by molar-refractivity contribution is -0.147. The van der Waals surface area contributed by atoms with Gasteiger partial charge in [-0.25, -0.2) is 9.59 Å². The van der Waals surface area contributed by atoms with Crippen LogP contribution >= 0.6 is 0 Å². The average Bonchev–Trinajstić information content (AvgIpc) is 2.55. The van der Waals surface area contributed by atoms with Crippen LogP contribution in [0, 0.1) is 22.7 Å². The summed E-state index contributed by atoms with van der Waals surface area (Å²) in [6.07, 6.45) is 1.06. The van der Waals surface area contributed by atoms with E-state index in [4.69, 9.17) is 0 Å². The smallest absolute Gasteiger partial charge is 0.350 e. The number of methoxy groups -OCH3 is 2. The molecule has 2 atom stereocenters. The number of hydrogen-bond acceptors (Lipinski definition) is 8. The number of esters is 2. The average molecular weight is 308 g/mol. The number of nitrogens with zero attached hydrogens (tertiary/aromatic N) is 4. The first-order valence-corrected chi connectivity index (χ1v) is 6.85. The van der Waals surface area contributed by atoms with E-state index >= 15 is 0 Å². The number of azo groups is 1. The van der Waals surface area contributed by atoms with Crippen molar-refractivity contribution in [2.24, 2.45) is 10.2 Å². The van der Waals surface area contributed by atoms with Crippen LogP contribution in [-0.2, 0) is 19.1 Å². The van der Waals surface area contributed by atoms with Crippen molar-refractivity contribution in [1.82, 2.24) is 0 Å². The van der Waals surface area contributed by atoms with Gasteiger partial charge in [0.1, 0.15) is 12.1 Å². The predicted molar refractivity (Wildman–Crippen MR) is 75.4 cm³/mol. The van der Waals surface area contributed by atoms with Gasteiger partial charge in [-0.2, -0.15) is 20.8 Å². The number of nitriles is 2. The van der Waals surface area contributed by atoms with Gasteiger partial charge >= 0.3 is 11.9 Å². The molecule has 0 saturated carbocycles. The van der Waals surface area contributed by atoms with Crippen LogP contribution in [0.25, 0.3) is 0 Å². The molecule has 0 aromatic carbocycles. The minimum atomic E-state index is -1.87. The van der Waals surface area contributed by atoms with E-state index < -0.39 is 23.0 Å². The van der Waals surface area contributed by atoms with Crippen LogP contribution in [0.2, 0.25) is 0 Å². The molecule has 0 rings (SSSR count). The molecule has 0 aromatic rings. The summed E-state index contributed by atoms with van der Waals surface area (Å²) in [5.41, 5.74) is -3.74. The molecular weight excluding hydrogens is 288 g/mol. The minimum Gasteiger partial charge on any atom is -0.466 e. The monoisotopic (exact) mass is 308 g/mol. The molecule has 0 N–H and O–H groups in total. The topological polar surface area (TPSA) is 125 Å². The lowest BCUT2D eigenvalue weighted by atomic mass is 9.95. The van der Waals surface area contributed by atoms with Crippen molar-refractivity contribution in [2.75, 3.05) is 14.2 Å². The fourth-order valence-corrected chi connectivity index (χ4v) is 1.87. The zero-order chi connectivity index (χ0) is 17.2. The van der Waals surface area contributed by atoms with Gasteiger partial charge in [0.2, 0.25) is 0 Å². The minimum absolute atomic E-state index is 0.0640. The first kappa shape index (κ1) is 19.5. The predicted octanol–water partition coefficient (Wildman–Crippen LogP) is 1.91. The molecule has 120 valence electrons. The normalized spacial score (nSPS) is 15.9. The van der Waals surface area contributed by atoms with Crippen LogP contribution in [0.3, 0.4) is 0 Å². The number of ether oxygens (including phenoxy) is 2. The van der Waals surface area contributed by atoms with Crippen molar-refractivity contribution in [1.29, 1.82) is 10.5 Å². The van der Waals surface area contributed by atoms with Crippen molar-refractivity contribution >= 4 is 11.9 Å². The van der Waals surface area contributed by atoms with E-state index in [0.29, 0.717) is 12.8 Å². The van der Waals surface area contributed by atoms with Gasteiger partial charge in [-0.3, -0.25) is 0 Å². The largest absolute Gasteiger partial charge is 0.466 e. The van der Waals surface area contributed by atoms with Crippen LogP contribution < -0.4 is 0 Å². The number of hydrogen-bond donors (Lipinski definition) is 0. The molecule has 0 bridgehead atoms. The van der Waals surface area contributed by atoms with Crippen LogP contribution in [0.5, 0.6) is 0 Å². The number of carbonyl (C=O) groups excluding carboxylic acids is 2. The van der Waals surface area contributed by atoms with E-state index in [1.54, 1.807) is 26.0 Å². The van der Waals surface area contributed by atoms with Crippen molar-refractivity contribution in [3.05, 3.63) is 0 Å². The fraction of sp³-hybridized carbons (Fsp3) is 0.714. The second-order valence-electron chi connectivity index (χ2n) is 4.63. The molecule has 0 radical (unpaired) electrons. The zero-order valence-corrected chi connectivity index (χ0v) is 13.3. The summed E-state index contributed by atoms with van der Waals surface area (Å²) >= 11 is 0. The first-order chi connectivity index (χ1) is 10.4. The molecule has 0 aliphatic rings. The summed E-state index contributed by atoms with van der Waals surface area (Å²) in [6, 6.07) is 3.53. The molecule has 22 heavy (non-hydrogen) atoms. The molecule has 0 aromatic heterocycles. The van der Waals surface area contributed by atoms with E-state index in [1.807, 2.05) is 0 Å². The maximum Gasteiger partial charge on any atom is 0.350 e. The maximum absolute atomic E-state index is 11.9. The maximum atomic E-state index is 11.9. The molecule has 0 aliphatic carbocycles. The Hall–Kier alpha value is -2.48. The summed E-state index contributed by atoms with van der Waals surface area (Å²) in [7, 11) is 2.26. The summed E-state index contributed by atoms with van der Waals surface area (Å²) in [5.74, 6) is -1.76. The molecule has 0 heterocycles. The fourth-order valence-electron chi connectivity index (χ4n) is 1.87. The Morgan fingerprint density at radius 1 is 0.909 bits per heavy atom. The Labute approximate surface area is 129 Å². The standard InChI is InChI=1S/C14H20N4O4/c1-5-7-13(9-15,11(19)21-3)17-18-14(10-16,8-6-2)12(20)22-4/h5-8H2,1-4H3. The third-order valence-electron chi connectivity index (χ3n) is 3.03.